The predicted molar refractivity (Wildman–Crippen MR) is 78.3 cm³/mol. The van der Waals surface area contributed by atoms with Gasteiger partial charge in [0.05, 0.1) is 19.6 Å². The molecule has 2 aromatic carbocycles. The topological polar surface area (TPSA) is 18.5 Å². The molecule has 2 rings (SSSR count). The van der Waals surface area contributed by atoms with Gasteiger partial charge >= 0.3 is 0 Å². The zero-order chi connectivity index (χ0) is 15.6. The number of halogens is 3. The normalized spacial score (nSPS) is 12.1. The van der Waals surface area contributed by atoms with Crippen LogP contribution in [0.5, 0.6) is 11.5 Å². The summed E-state index contributed by atoms with van der Waals surface area (Å²) in [6.45, 7) is 1.63. The summed E-state index contributed by atoms with van der Waals surface area (Å²) in [6, 6.07) is 7.17. The molecule has 0 fully saturated rings. The second kappa shape index (κ2) is 6.31. The van der Waals surface area contributed by atoms with E-state index in [0.29, 0.717) is 16.9 Å². The summed E-state index contributed by atoms with van der Waals surface area (Å²) < 4.78 is 37.7. The SMILES string of the molecule is COc1cc(F)c(C(Cl)c2ccc(F)c(C)c2)cc1OC. The van der Waals surface area contributed by atoms with E-state index in [1.165, 1.54) is 38.5 Å². The fourth-order valence-corrected chi connectivity index (χ4v) is 2.37. The van der Waals surface area contributed by atoms with E-state index < -0.39 is 11.2 Å². The van der Waals surface area contributed by atoms with Crippen molar-refractivity contribution in [2.45, 2.75) is 12.3 Å². The monoisotopic (exact) mass is 312 g/mol. The molecule has 0 radical (unpaired) electrons. The molecule has 0 N–H and O–H groups in total. The van der Waals surface area contributed by atoms with Crippen molar-refractivity contribution in [1.82, 2.24) is 0 Å². The molecule has 0 aliphatic carbocycles. The first-order chi connectivity index (χ1) is 9.97. The number of methoxy groups -OCH3 is 2. The lowest BCUT2D eigenvalue weighted by Gasteiger charge is -2.15. The molecular formula is C16H15ClF2O2. The average Bonchev–Trinajstić information content (AvgIpc) is 2.49. The molecule has 0 saturated carbocycles. The Bertz CT molecular complexity index is 659. The number of alkyl halides is 1. The smallest absolute Gasteiger partial charge is 0.163 e. The van der Waals surface area contributed by atoms with Gasteiger partial charge in [0.25, 0.3) is 0 Å². The standard InChI is InChI=1S/C16H15ClF2O2/c1-9-6-10(4-5-12(9)18)16(17)11-7-14(20-2)15(21-3)8-13(11)19/h4-8,16H,1-3H3. The molecule has 0 saturated heterocycles. The first-order valence-electron chi connectivity index (χ1n) is 6.29. The number of ether oxygens (including phenoxy) is 2. The molecule has 2 nitrogen and oxygen atoms in total. The van der Waals surface area contributed by atoms with Crippen molar-refractivity contribution >= 4 is 11.6 Å². The van der Waals surface area contributed by atoms with E-state index in [9.17, 15) is 8.78 Å². The van der Waals surface area contributed by atoms with Crippen LogP contribution in [0, 0.1) is 18.6 Å². The first-order valence-corrected chi connectivity index (χ1v) is 6.73. The quantitative estimate of drug-likeness (QED) is 0.767. The Hall–Kier alpha value is -1.81. The van der Waals surface area contributed by atoms with Crippen molar-refractivity contribution in [3.63, 3.8) is 0 Å². The average molecular weight is 313 g/mol. The third-order valence-corrected chi connectivity index (χ3v) is 3.74. The number of rotatable bonds is 4. The van der Waals surface area contributed by atoms with Gasteiger partial charge in [-0.25, -0.2) is 8.78 Å². The molecule has 5 heteroatoms. The van der Waals surface area contributed by atoms with Gasteiger partial charge < -0.3 is 9.47 Å². The first kappa shape index (κ1) is 15.6. The van der Waals surface area contributed by atoms with Crippen LogP contribution < -0.4 is 9.47 Å². The van der Waals surface area contributed by atoms with Gasteiger partial charge in [0.15, 0.2) is 11.5 Å². The van der Waals surface area contributed by atoms with E-state index in [-0.39, 0.29) is 17.1 Å². The van der Waals surface area contributed by atoms with Crippen LogP contribution in [0.25, 0.3) is 0 Å². The van der Waals surface area contributed by atoms with Gasteiger partial charge in [-0.15, -0.1) is 11.6 Å². The van der Waals surface area contributed by atoms with Crippen LogP contribution in [0.15, 0.2) is 30.3 Å². The highest BCUT2D eigenvalue weighted by Crippen LogP contribution is 2.37. The molecule has 0 aliphatic heterocycles. The summed E-state index contributed by atoms with van der Waals surface area (Å²) in [6.07, 6.45) is 0. The highest BCUT2D eigenvalue weighted by atomic mass is 35.5. The predicted octanol–water partition coefficient (Wildman–Crippen LogP) is 4.62. The van der Waals surface area contributed by atoms with Crippen molar-refractivity contribution in [2.75, 3.05) is 14.2 Å². The molecule has 21 heavy (non-hydrogen) atoms. The van der Waals surface area contributed by atoms with E-state index in [2.05, 4.69) is 0 Å². The maximum absolute atomic E-state index is 14.2. The van der Waals surface area contributed by atoms with E-state index >= 15 is 0 Å². The van der Waals surface area contributed by atoms with Crippen LogP contribution in [-0.4, -0.2) is 14.2 Å². The number of hydrogen-bond acceptors (Lipinski definition) is 2. The van der Waals surface area contributed by atoms with E-state index in [1.807, 2.05) is 0 Å². The molecule has 1 atom stereocenters. The molecule has 2 aromatic rings. The van der Waals surface area contributed by atoms with Crippen LogP contribution in [0.1, 0.15) is 22.1 Å². The Morgan fingerprint density at radius 3 is 2.14 bits per heavy atom. The number of benzene rings is 2. The maximum Gasteiger partial charge on any atom is 0.163 e. The number of hydrogen-bond donors (Lipinski definition) is 0. The summed E-state index contributed by atoms with van der Waals surface area (Å²) >= 11 is 6.33. The van der Waals surface area contributed by atoms with Gasteiger partial charge in [0.1, 0.15) is 11.6 Å². The highest BCUT2D eigenvalue weighted by Gasteiger charge is 2.19. The summed E-state index contributed by atoms with van der Waals surface area (Å²) in [7, 11) is 2.89. The van der Waals surface area contributed by atoms with Crippen molar-refractivity contribution < 1.29 is 18.3 Å². The van der Waals surface area contributed by atoms with Crippen molar-refractivity contribution in [1.29, 1.82) is 0 Å². The summed E-state index contributed by atoms with van der Waals surface area (Å²) in [5, 5.41) is -0.746. The summed E-state index contributed by atoms with van der Waals surface area (Å²) in [4.78, 5) is 0. The second-order valence-electron chi connectivity index (χ2n) is 4.60. The maximum atomic E-state index is 14.2. The molecule has 0 amide bonds. The largest absolute Gasteiger partial charge is 0.493 e. The molecular weight excluding hydrogens is 298 g/mol. The van der Waals surface area contributed by atoms with Crippen LogP contribution >= 0.6 is 11.6 Å². The minimum absolute atomic E-state index is 0.250. The van der Waals surface area contributed by atoms with Crippen LogP contribution in [0.4, 0.5) is 8.78 Å². The van der Waals surface area contributed by atoms with Gasteiger partial charge in [0.2, 0.25) is 0 Å². The van der Waals surface area contributed by atoms with Crippen LogP contribution in [0.3, 0.4) is 0 Å². The minimum atomic E-state index is -0.746. The lowest BCUT2D eigenvalue weighted by atomic mass is 10.0. The molecule has 0 spiro atoms. The highest BCUT2D eigenvalue weighted by molar-refractivity contribution is 6.22. The summed E-state index contributed by atoms with van der Waals surface area (Å²) in [5.74, 6) is -0.152. The Labute approximate surface area is 127 Å². The molecule has 0 bridgehead atoms. The summed E-state index contributed by atoms with van der Waals surface area (Å²) in [5.41, 5.74) is 1.32. The van der Waals surface area contributed by atoms with Gasteiger partial charge in [-0.3, -0.25) is 0 Å². The fraction of sp³-hybridized carbons (Fsp3) is 0.250. The van der Waals surface area contributed by atoms with Gasteiger partial charge in [-0.05, 0) is 30.2 Å². The Morgan fingerprint density at radius 1 is 0.952 bits per heavy atom. The minimum Gasteiger partial charge on any atom is -0.493 e. The van der Waals surface area contributed by atoms with Gasteiger partial charge in [-0.1, -0.05) is 12.1 Å². The van der Waals surface area contributed by atoms with Crippen molar-refractivity contribution in [3.05, 3.63) is 58.7 Å². The van der Waals surface area contributed by atoms with Gasteiger partial charge in [0, 0.05) is 11.6 Å². The number of aryl methyl sites for hydroxylation is 1. The molecule has 0 heterocycles. The molecule has 0 aliphatic rings. The lowest BCUT2D eigenvalue weighted by molar-refractivity contribution is 0.351. The van der Waals surface area contributed by atoms with Crippen LogP contribution in [-0.2, 0) is 0 Å². The Balaban J connectivity index is 2.47. The van der Waals surface area contributed by atoms with Crippen molar-refractivity contribution in [3.8, 4) is 11.5 Å². The fourth-order valence-electron chi connectivity index (χ4n) is 2.07. The third kappa shape index (κ3) is 3.10. The molecule has 112 valence electrons. The zero-order valence-electron chi connectivity index (χ0n) is 11.9. The van der Waals surface area contributed by atoms with E-state index in [0.717, 1.165) is 0 Å². The van der Waals surface area contributed by atoms with E-state index in [4.69, 9.17) is 21.1 Å². The molecule has 0 aromatic heterocycles. The molecule has 1 unspecified atom stereocenters. The zero-order valence-corrected chi connectivity index (χ0v) is 12.7. The van der Waals surface area contributed by atoms with Gasteiger partial charge in [-0.2, -0.15) is 0 Å². The third-order valence-electron chi connectivity index (χ3n) is 3.25. The van der Waals surface area contributed by atoms with Crippen LogP contribution in [0.2, 0.25) is 0 Å². The second-order valence-corrected chi connectivity index (χ2v) is 5.04. The Kier molecular flexibility index (Phi) is 4.68. The lowest BCUT2D eigenvalue weighted by Crippen LogP contribution is -2.01. The van der Waals surface area contributed by atoms with Crippen molar-refractivity contribution in [2.24, 2.45) is 0 Å². The van der Waals surface area contributed by atoms with E-state index in [1.54, 1.807) is 13.0 Å². The Morgan fingerprint density at radius 2 is 1.57 bits per heavy atom.